The van der Waals surface area contributed by atoms with Gasteiger partial charge in [-0.3, -0.25) is 0 Å². The Hall–Kier alpha value is -6.56. The molecule has 1 N–H and O–H groups in total. The number of rotatable bonds is 3. The summed E-state index contributed by atoms with van der Waals surface area (Å²) in [4.78, 5) is 0. The van der Waals surface area contributed by atoms with Gasteiger partial charge in [0.05, 0.1) is 5.52 Å². The molecule has 2 aliphatic rings. The van der Waals surface area contributed by atoms with Crippen LogP contribution in [0.2, 0.25) is 0 Å². The molecule has 0 fully saturated rings. The van der Waals surface area contributed by atoms with Crippen molar-refractivity contribution in [3.05, 3.63) is 162 Å². The highest BCUT2D eigenvalue weighted by Crippen LogP contribution is 2.52. The van der Waals surface area contributed by atoms with E-state index < -0.39 is 0 Å². The van der Waals surface area contributed by atoms with Gasteiger partial charge in [-0.1, -0.05) is 140 Å². The van der Waals surface area contributed by atoms with Gasteiger partial charge in [-0.05, 0) is 116 Å². The van der Waals surface area contributed by atoms with Crippen molar-refractivity contribution in [3.8, 4) is 27.9 Å². The van der Waals surface area contributed by atoms with Crippen LogP contribution in [0.4, 0.5) is 11.4 Å². The van der Waals surface area contributed by atoms with Gasteiger partial charge < -0.3 is 14.3 Å². The highest BCUT2D eigenvalue weighted by atomic mass is 32.1. The third-order valence-electron chi connectivity index (χ3n) is 14.7. The van der Waals surface area contributed by atoms with E-state index in [2.05, 4.69) is 205 Å². The molecular weight excluding hydrogens is 796 g/mol. The van der Waals surface area contributed by atoms with Crippen LogP contribution < -0.4 is 16.2 Å². The van der Waals surface area contributed by atoms with Crippen molar-refractivity contribution >= 4 is 105 Å². The first kappa shape index (κ1) is 38.0. The van der Waals surface area contributed by atoms with Gasteiger partial charge in [0.25, 0.3) is 0 Å². The molecule has 0 atom stereocenters. The fourth-order valence-electron chi connectivity index (χ4n) is 11.2. The number of nitrogens with zero attached hydrogens (tertiary/aromatic N) is 1. The number of nitrogens with one attached hydrogen (secondary N) is 1. The van der Waals surface area contributed by atoms with E-state index in [4.69, 9.17) is 4.42 Å². The Balaban J connectivity index is 1.10. The molecule has 1 aliphatic heterocycles. The Morgan fingerprint density at radius 3 is 2.09 bits per heavy atom. The molecule has 5 heteroatoms. The van der Waals surface area contributed by atoms with E-state index in [0.29, 0.717) is 0 Å². The molecule has 0 saturated heterocycles. The van der Waals surface area contributed by atoms with Crippen LogP contribution in [-0.4, -0.2) is 11.8 Å². The fourth-order valence-corrected chi connectivity index (χ4v) is 12.4. The third kappa shape index (κ3) is 5.34. The summed E-state index contributed by atoms with van der Waals surface area (Å²) in [7, 11) is 0.823. The lowest BCUT2D eigenvalue weighted by Crippen LogP contribution is -2.37. The zero-order valence-corrected chi connectivity index (χ0v) is 38.6. The molecule has 11 aromatic rings. The van der Waals surface area contributed by atoms with Gasteiger partial charge in [0.2, 0.25) is 0 Å². The van der Waals surface area contributed by atoms with Crippen molar-refractivity contribution in [2.45, 2.75) is 71.6 Å². The highest BCUT2D eigenvalue weighted by molar-refractivity contribution is 7.26. The quantitative estimate of drug-likeness (QED) is 0.180. The van der Waals surface area contributed by atoms with Gasteiger partial charge in [-0.15, -0.1) is 11.3 Å². The summed E-state index contributed by atoms with van der Waals surface area (Å²) < 4.78 is 12.1. The van der Waals surface area contributed by atoms with Crippen LogP contribution in [0.5, 0.6) is 0 Å². The molecule has 0 radical (unpaired) electrons. The molecule has 310 valence electrons. The number of aromatic nitrogens is 1. The topological polar surface area (TPSA) is 30.1 Å². The molecular formula is C59H49BN2OS. The first-order chi connectivity index (χ1) is 30.7. The van der Waals surface area contributed by atoms with Gasteiger partial charge in [-0.25, -0.2) is 0 Å². The minimum absolute atomic E-state index is 0.0117. The van der Waals surface area contributed by atoms with E-state index in [1.54, 1.807) is 0 Å². The van der Waals surface area contributed by atoms with Gasteiger partial charge in [-0.2, -0.15) is 0 Å². The molecule has 13 rings (SSSR count). The van der Waals surface area contributed by atoms with Gasteiger partial charge in [0.1, 0.15) is 11.2 Å². The second kappa shape index (κ2) is 12.8. The number of benzene rings is 8. The average molecular weight is 845 g/mol. The molecule has 0 spiro atoms. The molecule has 8 aromatic carbocycles. The van der Waals surface area contributed by atoms with Crippen LogP contribution in [0.25, 0.3) is 91.9 Å². The Morgan fingerprint density at radius 2 is 1.28 bits per heavy atom. The zero-order valence-electron chi connectivity index (χ0n) is 37.7. The van der Waals surface area contributed by atoms with Crippen molar-refractivity contribution in [3.63, 3.8) is 0 Å². The number of anilines is 2. The van der Waals surface area contributed by atoms with Crippen LogP contribution in [0.15, 0.2) is 144 Å². The van der Waals surface area contributed by atoms with E-state index in [-0.39, 0.29) is 16.2 Å². The third-order valence-corrected chi connectivity index (χ3v) is 15.9. The fraction of sp³-hybridized carbons (Fsp3) is 0.186. The van der Waals surface area contributed by atoms with E-state index in [9.17, 15) is 0 Å². The Bertz CT molecular complexity index is 3830. The molecule has 0 bridgehead atoms. The lowest BCUT2D eigenvalue weighted by atomic mass is 9.59. The number of hydrogen-bond acceptors (Lipinski definition) is 3. The van der Waals surface area contributed by atoms with Crippen LogP contribution in [0.3, 0.4) is 0 Å². The van der Waals surface area contributed by atoms with Crippen LogP contribution in [-0.2, 0) is 16.2 Å². The maximum Gasteiger partial charge on any atom is 0.198 e. The Labute approximate surface area is 378 Å². The summed E-state index contributed by atoms with van der Waals surface area (Å²) in [6, 6.07) is 53.1. The zero-order chi connectivity index (χ0) is 43.6. The summed E-state index contributed by atoms with van der Waals surface area (Å²) in [5.74, 6) is 0. The maximum absolute atomic E-state index is 6.85. The summed E-state index contributed by atoms with van der Waals surface area (Å²) >= 11 is 1.90. The molecule has 0 saturated carbocycles. The van der Waals surface area contributed by atoms with Crippen molar-refractivity contribution in [2.24, 2.45) is 0 Å². The summed E-state index contributed by atoms with van der Waals surface area (Å²) in [5.41, 5.74) is 20.9. The number of fused-ring (bicyclic) bond motifs is 14. The number of hydrogen-bond donors (Lipinski definition) is 1. The molecule has 0 amide bonds. The monoisotopic (exact) mass is 844 g/mol. The van der Waals surface area contributed by atoms with Gasteiger partial charge >= 0.3 is 0 Å². The minimum Gasteiger partial charge on any atom is -0.456 e. The largest absolute Gasteiger partial charge is 0.456 e. The lowest BCUT2D eigenvalue weighted by Gasteiger charge is -2.25. The molecule has 3 nitrogen and oxygen atoms in total. The summed E-state index contributed by atoms with van der Waals surface area (Å²) in [6.45, 7) is 18.4. The summed E-state index contributed by atoms with van der Waals surface area (Å²) in [5, 5.41) is 11.5. The Kier molecular flexibility index (Phi) is 7.59. The van der Waals surface area contributed by atoms with Crippen molar-refractivity contribution in [2.75, 3.05) is 5.32 Å². The normalized spacial score (nSPS) is 14.2. The van der Waals surface area contributed by atoms with E-state index in [1.807, 2.05) is 11.3 Å². The number of thiophene rings is 1. The summed E-state index contributed by atoms with van der Waals surface area (Å²) in [6.07, 6.45) is 0. The van der Waals surface area contributed by atoms with Gasteiger partial charge in [0, 0.05) is 75.3 Å². The molecule has 3 aromatic heterocycles. The predicted molar refractivity (Wildman–Crippen MR) is 277 cm³/mol. The van der Waals surface area contributed by atoms with Crippen molar-refractivity contribution in [1.82, 2.24) is 4.57 Å². The van der Waals surface area contributed by atoms with E-state index in [1.165, 1.54) is 97.5 Å². The van der Waals surface area contributed by atoms with Crippen LogP contribution >= 0.6 is 11.3 Å². The first-order valence-corrected chi connectivity index (χ1v) is 23.6. The minimum atomic E-state index is -0.114. The van der Waals surface area contributed by atoms with E-state index in [0.717, 1.165) is 46.2 Å². The molecule has 0 unspecified atom stereocenters. The predicted octanol–water partition coefficient (Wildman–Crippen LogP) is 15.1. The van der Waals surface area contributed by atoms with Crippen molar-refractivity contribution < 1.29 is 4.42 Å². The molecule has 4 heterocycles. The lowest BCUT2D eigenvalue weighted by molar-refractivity contribution is 0.587. The smallest absolute Gasteiger partial charge is 0.198 e. The van der Waals surface area contributed by atoms with Gasteiger partial charge in [0.15, 0.2) is 7.28 Å². The van der Waals surface area contributed by atoms with Crippen LogP contribution in [0.1, 0.15) is 77.6 Å². The maximum atomic E-state index is 6.85. The average Bonchev–Trinajstić information content (AvgIpc) is 3.98. The SMILES string of the molecule is CC(C)(C)c1ccc(Nc2cc3c(cc2-c2ccc4c5cc6c(cc5n5c4c2Bc2cc4sc7ccccc7c4cc2-5)C(C)(C)c2ccccc2-6)oc2cc(C(C)(C)C)ccc23)cc1. The van der Waals surface area contributed by atoms with E-state index >= 15 is 0 Å². The van der Waals surface area contributed by atoms with Crippen molar-refractivity contribution in [1.29, 1.82) is 0 Å². The first-order valence-electron chi connectivity index (χ1n) is 22.8. The molecule has 64 heavy (non-hydrogen) atoms. The number of furan rings is 1. The molecule has 1 aliphatic carbocycles. The second-order valence-corrected chi connectivity index (χ2v) is 22.2. The standard InChI is InChI=1S/C59H49BN2OS/c1-57(2,3)32-17-20-34(21-18-32)61-48-27-43-36-22-19-33(58(4,5)6)25-51(36)63-52(43)29-41(48)38-23-24-39-42-26-40-35-13-9-11-15-45(35)59(7,8)46(40)30-49(42)62-50-28-44-37-14-10-12-16-53(37)64-54(44)31-47(50)60-55(38)56(39)62/h9-31,60-61H,1-8H3. The van der Waals surface area contributed by atoms with Crippen LogP contribution in [0, 0.1) is 0 Å². The Morgan fingerprint density at radius 1 is 0.547 bits per heavy atom. The highest BCUT2D eigenvalue weighted by Gasteiger charge is 2.37. The second-order valence-electron chi connectivity index (χ2n) is 21.1.